The summed E-state index contributed by atoms with van der Waals surface area (Å²) in [6, 6.07) is 1.86. The van der Waals surface area contributed by atoms with Crippen molar-refractivity contribution in [1.29, 1.82) is 0 Å². The van der Waals surface area contributed by atoms with Gasteiger partial charge in [-0.25, -0.2) is 0 Å². The number of thiophene rings is 1. The third-order valence-corrected chi connectivity index (χ3v) is 5.71. The first-order valence-corrected chi connectivity index (χ1v) is 8.60. The van der Waals surface area contributed by atoms with Crippen LogP contribution in [0.4, 0.5) is 0 Å². The first-order chi connectivity index (χ1) is 9.64. The molecule has 1 aliphatic heterocycles. The molecule has 2 heterocycles. The number of rotatable bonds is 4. The largest absolute Gasteiger partial charge is 0.395 e. The predicted molar refractivity (Wildman–Crippen MR) is 85.3 cm³/mol. The molecule has 20 heavy (non-hydrogen) atoms. The van der Waals surface area contributed by atoms with Gasteiger partial charge >= 0.3 is 0 Å². The van der Waals surface area contributed by atoms with Crippen molar-refractivity contribution in [2.24, 2.45) is 0 Å². The van der Waals surface area contributed by atoms with E-state index in [9.17, 15) is 4.79 Å². The Morgan fingerprint density at radius 3 is 3.15 bits per heavy atom. The van der Waals surface area contributed by atoms with Crippen LogP contribution in [0.5, 0.6) is 0 Å². The van der Waals surface area contributed by atoms with Crippen molar-refractivity contribution >= 4 is 29.0 Å². The molecule has 1 saturated heterocycles. The van der Waals surface area contributed by atoms with Crippen LogP contribution in [0.3, 0.4) is 0 Å². The number of hydrogen-bond donors (Lipinski definition) is 2. The van der Waals surface area contributed by atoms with Crippen LogP contribution in [-0.2, 0) is 0 Å². The van der Waals surface area contributed by atoms with E-state index in [1.807, 2.05) is 23.2 Å². The van der Waals surface area contributed by atoms with Crippen LogP contribution in [-0.4, -0.2) is 34.7 Å². The maximum Gasteiger partial charge on any atom is 0.262 e. The second-order valence-electron chi connectivity index (χ2n) is 5.02. The van der Waals surface area contributed by atoms with Gasteiger partial charge in [0.05, 0.1) is 6.61 Å². The highest BCUT2D eigenvalue weighted by molar-refractivity contribution is 8.00. The molecule has 0 bridgehead atoms. The number of aliphatic hydroxyl groups excluding tert-OH is 1. The highest BCUT2D eigenvalue weighted by Gasteiger charge is 2.30. The van der Waals surface area contributed by atoms with Crippen LogP contribution < -0.4 is 5.32 Å². The van der Waals surface area contributed by atoms with E-state index in [2.05, 4.69) is 24.1 Å². The number of thioether (sulfide) groups is 1. The quantitative estimate of drug-likeness (QED) is 0.840. The maximum atomic E-state index is 12.2. The summed E-state index contributed by atoms with van der Waals surface area (Å²) < 4.78 is 0.176. The Morgan fingerprint density at radius 1 is 1.60 bits per heavy atom. The number of aliphatic hydroxyl groups is 1. The molecule has 1 aliphatic rings. The van der Waals surface area contributed by atoms with Gasteiger partial charge in [0.1, 0.15) is 4.88 Å². The summed E-state index contributed by atoms with van der Waals surface area (Å²) in [7, 11) is 0. The minimum Gasteiger partial charge on any atom is -0.395 e. The van der Waals surface area contributed by atoms with Crippen LogP contribution in [0, 0.1) is 11.8 Å². The molecule has 2 N–H and O–H groups in total. The monoisotopic (exact) mass is 309 g/mol. The van der Waals surface area contributed by atoms with Gasteiger partial charge in [-0.2, -0.15) is 11.8 Å². The third-order valence-electron chi connectivity index (χ3n) is 3.25. The smallest absolute Gasteiger partial charge is 0.262 e. The van der Waals surface area contributed by atoms with Gasteiger partial charge in [0.25, 0.3) is 5.91 Å². The van der Waals surface area contributed by atoms with Crippen LogP contribution >= 0.6 is 23.1 Å². The van der Waals surface area contributed by atoms with Crippen LogP contribution in [0.2, 0.25) is 0 Å². The van der Waals surface area contributed by atoms with Crippen molar-refractivity contribution in [1.82, 2.24) is 5.32 Å². The van der Waals surface area contributed by atoms with Crippen molar-refractivity contribution in [3.05, 3.63) is 21.9 Å². The highest BCUT2D eigenvalue weighted by Crippen LogP contribution is 2.37. The molecule has 1 fully saturated rings. The summed E-state index contributed by atoms with van der Waals surface area (Å²) in [4.78, 5) is 12.9. The van der Waals surface area contributed by atoms with Gasteiger partial charge in [-0.05, 0) is 37.0 Å². The van der Waals surface area contributed by atoms with E-state index in [0.29, 0.717) is 17.8 Å². The highest BCUT2D eigenvalue weighted by atomic mass is 32.2. The topological polar surface area (TPSA) is 49.3 Å². The van der Waals surface area contributed by atoms with Gasteiger partial charge in [-0.15, -0.1) is 11.3 Å². The van der Waals surface area contributed by atoms with E-state index in [1.165, 1.54) is 23.5 Å². The number of carbonyl (C=O) groups excluding carboxylic acids is 1. The number of carbonyl (C=O) groups is 1. The van der Waals surface area contributed by atoms with Crippen molar-refractivity contribution < 1.29 is 9.90 Å². The Kier molecular flexibility index (Phi) is 5.53. The van der Waals surface area contributed by atoms with E-state index in [1.54, 1.807) is 0 Å². The van der Waals surface area contributed by atoms with Crippen molar-refractivity contribution in [2.75, 3.05) is 18.9 Å². The third kappa shape index (κ3) is 4.02. The molecular weight excluding hydrogens is 290 g/mol. The minimum absolute atomic E-state index is 0.0398. The van der Waals surface area contributed by atoms with E-state index >= 15 is 0 Å². The van der Waals surface area contributed by atoms with E-state index < -0.39 is 0 Å². The Balaban J connectivity index is 1.96. The fraction of sp³-hybridized carbons (Fsp3) is 0.533. The average Bonchev–Trinajstić information content (AvgIpc) is 3.06. The summed E-state index contributed by atoms with van der Waals surface area (Å²) >= 11 is 3.35. The van der Waals surface area contributed by atoms with Gasteiger partial charge in [-0.3, -0.25) is 4.79 Å². The van der Waals surface area contributed by atoms with Gasteiger partial charge < -0.3 is 10.4 Å². The second kappa shape index (κ2) is 7.16. The lowest BCUT2D eigenvalue weighted by Gasteiger charge is -2.22. The molecule has 1 unspecified atom stereocenters. The van der Waals surface area contributed by atoms with Gasteiger partial charge in [0.2, 0.25) is 0 Å². The van der Waals surface area contributed by atoms with Crippen LogP contribution in [0.1, 0.15) is 41.4 Å². The lowest BCUT2D eigenvalue weighted by atomic mass is 10.1. The summed E-state index contributed by atoms with van der Waals surface area (Å²) in [6.45, 7) is 2.97. The molecule has 0 radical (unpaired) electrons. The molecule has 3 nitrogen and oxygen atoms in total. The fourth-order valence-corrected chi connectivity index (χ4v) is 4.13. The molecular formula is C15H19NO2S2. The molecule has 0 spiro atoms. The van der Waals surface area contributed by atoms with Crippen LogP contribution in [0.15, 0.2) is 11.4 Å². The van der Waals surface area contributed by atoms with Crippen molar-refractivity contribution in [2.45, 2.75) is 30.9 Å². The number of amides is 1. The molecule has 2 rings (SSSR count). The molecule has 1 aromatic heterocycles. The van der Waals surface area contributed by atoms with Gasteiger partial charge in [0, 0.05) is 23.3 Å². The van der Waals surface area contributed by atoms with E-state index in [-0.39, 0.29) is 17.3 Å². The lowest BCUT2D eigenvalue weighted by molar-refractivity contribution is 0.0954. The summed E-state index contributed by atoms with van der Waals surface area (Å²) in [5, 5.41) is 13.6. The molecule has 1 amide bonds. The molecule has 0 aromatic carbocycles. The van der Waals surface area contributed by atoms with E-state index in [0.717, 1.165) is 12.0 Å². The Morgan fingerprint density at radius 2 is 2.45 bits per heavy atom. The predicted octanol–water partition coefficient (Wildman–Crippen LogP) is 2.50. The zero-order chi connectivity index (χ0) is 14.4. The Labute approximate surface area is 128 Å². The summed E-state index contributed by atoms with van der Waals surface area (Å²) in [6.07, 6.45) is 2.82. The average molecular weight is 309 g/mol. The molecule has 1 aromatic rings. The van der Waals surface area contributed by atoms with Crippen LogP contribution in [0.25, 0.3) is 0 Å². The SMILES string of the molecule is CC1(CNC(=O)c2sccc2C#CCCO)CCCS1. The summed E-state index contributed by atoms with van der Waals surface area (Å²) in [5.74, 6) is 6.95. The number of hydrogen-bond acceptors (Lipinski definition) is 4. The molecule has 108 valence electrons. The molecule has 0 saturated carbocycles. The summed E-state index contributed by atoms with van der Waals surface area (Å²) in [5.41, 5.74) is 0.755. The molecule has 1 atom stereocenters. The maximum absolute atomic E-state index is 12.2. The Bertz CT molecular complexity index is 521. The van der Waals surface area contributed by atoms with Gasteiger partial charge in [-0.1, -0.05) is 11.8 Å². The first kappa shape index (κ1) is 15.4. The fourth-order valence-electron chi connectivity index (χ4n) is 2.12. The number of nitrogens with one attached hydrogen (secondary N) is 1. The standard InChI is InChI=1S/C15H19NO2S2/c1-15(7-4-9-20-15)11-16-14(18)13-12(6-10-19-13)5-2-3-8-17/h6,10,17H,3-4,7-9,11H2,1H3,(H,16,18). The van der Waals surface area contributed by atoms with Crippen molar-refractivity contribution in [3.63, 3.8) is 0 Å². The molecule has 5 heteroatoms. The molecule has 0 aliphatic carbocycles. The zero-order valence-electron chi connectivity index (χ0n) is 11.6. The second-order valence-corrected chi connectivity index (χ2v) is 7.62. The normalized spacial score (nSPS) is 21.3. The van der Waals surface area contributed by atoms with Crippen molar-refractivity contribution in [3.8, 4) is 11.8 Å². The zero-order valence-corrected chi connectivity index (χ0v) is 13.2. The van der Waals surface area contributed by atoms with Gasteiger partial charge in [0.15, 0.2) is 0 Å². The van der Waals surface area contributed by atoms with E-state index in [4.69, 9.17) is 5.11 Å². The first-order valence-electron chi connectivity index (χ1n) is 6.74. The minimum atomic E-state index is -0.0398. The Hall–Kier alpha value is -0.960. The lowest BCUT2D eigenvalue weighted by Crippen LogP contribution is -2.36.